The molecule has 0 aliphatic carbocycles. The summed E-state index contributed by atoms with van der Waals surface area (Å²) in [5.74, 6) is 1.47. The van der Waals surface area contributed by atoms with Crippen molar-refractivity contribution in [3.63, 3.8) is 0 Å². The van der Waals surface area contributed by atoms with Crippen molar-refractivity contribution < 1.29 is 9.47 Å². The standard InChI is InChI=1S/C11H17NO2/c1-8(12)9(2)14-11-7-5-4-6-10(11)13-3/h4-9H,12H2,1-3H3/t8-,9?/m0/s1. The Balaban J connectivity index is 2.75. The van der Waals surface area contributed by atoms with Gasteiger partial charge in [0.2, 0.25) is 0 Å². The molecule has 0 heterocycles. The summed E-state index contributed by atoms with van der Waals surface area (Å²) in [6.07, 6.45) is -0.0219. The minimum atomic E-state index is -0.0219. The van der Waals surface area contributed by atoms with Gasteiger partial charge in [0, 0.05) is 6.04 Å². The zero-order valence-electron chi connectivity index (χ0n) is 8.86. The molecule has 0 saturated heterocycles. The SMILES string of the molecule is COc1ccccc1OC(C)[C@H](C)N. The maximum atomic E-state index is 5.71. The highest BCUT2D eigenvalue weighted by Crippen LogP contribution is 2.26. The topological polar surface area (TPSA) is 44.5 Å². The Bertz CT molecular complexity index is 286. The second-order valence-electron chi connectivity index (χ2n) is 3.33. The maximum absolute atomic E-state index is 5.71. The van der Waals surface area contributed by atoms with Crippen LogP contribution in [0.2, 0.25) is 0 Å². The highest BCUT2D eigenvalue weighted by Gasteiger charge is 2.11. The molecule has 0 aliphatic rings. The molecule has 0 aromatic heterocycles. The number of ether oxygens (including phenoxy) is 2. The predicted molar refractivity (Wildman–Crippen MR) is 56.7 cm³/mol. The van der Waals surface area contributed by atoms with Crippen LogP contribution in [-0.2, 0) is 0 Å². The molecule has 1 aromatic carbocycles. The molecule has 1 rings (SSSR count). The van der Waals surface area contributed by atoms with Crippen LogP contribution in [0, 0.1) is 0 Å². The van der Waals surface area contributed by atoms with E-state index in [1.807, 2.05) is 38.1 Å². The summed E-state index contributed by atoms with van der Waals surface area (Å²) in [6, 6.07) is 7.55. The largest absolute Gasteiger partial charge is 0.493 e. The van der Waals surface area contributed by atoms with Crippen LogP contribution in [0.1, 0.15) is 13.8 Å². The van der Waals surface area contributed by atoms with Gasteiger partial charge in [0.1, 0.15) is 6.10 Å². The normalized spacial score (nSPS) is 14.6. The Morgan fingerprint density at radius 2 is 1.71 bits per heavy atom. The lowest BCUT2D eigenvalue weighted by molar-refractivity contribution is 0.188. The molecule has 0 radical (unpaired) electrons. The summed E-state index contributed by atoms with van der Waals surface area (Å²) in [7, 11) is 1.62. The van der Waals surface area contributed by atoms with Gasteiger partial charge >= 0.3 is 0 Å². The number of rotatable bonds is 4. The van der Waals surface area contributed by atoms with Gasteiger partial charge in [0.15, 0.2) is 11.5 Å². The van der Waals surface area contributed by atoms with Crippen molar-refractivity contribution in [3.8, 4) is 11.5 Å². The van der Waals surface area contributed by atoms with Crippen LogP contribution in [-0.4, -0.2) is 19.3 Å². The molecule has 2 atom stereocenters. The molecule has 0 aliphatic heterocycles. The number of para-hydroxylation sites is 2. The van der Waals surface area contributed by atoms with E-state index in [0.717, 1.165) is 11.5 Å². The second-order valence-corrected chi connectivity index (χ2v) is 3.33. The van der Waals surface area contributed by atoms with Crippen molar-refractivity contribution >= 4 is 0 Å². The van der Waals surface area contributed by atoms with E-state index in [1.54, 1.807) is 7.11 Å². The lowest BCUT2D eigenvalue weighted by Gasteiger charge is -2.19. The third-order valence-corrected chi connectivity index (χ3v) is 2.12. The van der Waals surface area contributed by atoms with E-state index in [0.29, 0.717) is 0 Å². The zero-order chi connectivity index (χ0) is 10.6. The molecule has 2 N–H and O–H groups in total. The lowest BCUT2D eigenvalue weighted by atomic mass is 10.2. The maximum Gasteiger partial charge on any atom is 0.161 e. The molecule has 14 heavy (non-hydrogen) atoms. The van der Waals surface area contributed by atoms with Gasteiger partial charge < -0.3 is 15.2 Å². The van der Waals surface area contributed by atoms with E-state index in [-0.39, 0.29) is 12.1 Å². The Labute approximate surface area is 84.8 Å². The molecule has 1 unspecified atom stereocenters. The van der Waals surface area contributed by atoms with E-state index < -0.39 is 0 Å². The number of benzene rings is 1. The first-order valence-electron chi connectivity index (χ1n) is 4.70. The number of hydrogen-bond acceptors (Lipinski definition) is 3. The minimum Gasteiger partial charge on any atom is -0.493 e. The minimum absolute atomic E-state index is 0.0000813. The van der Waals surface area contributed by atoms with Crippen molar-refractivity contribution in [3.05, 3.63) is 24.3 Å². The van der Waals surface area contributed by atoms with Crippen LogP contribution in [0.5, 0.6) is 11.5 Å². The fourth-order valence-corrected chi connectivity index (χ4v) is 1.02. The van der Waals surface area contributed by atoms with Crippen LogP contribution < -0.4 is 15.2 Å². The third kappa shape index (κ3) is 2.64. The quantitative estimate of drug-likeness (QED) is 0.796. The average molecular weight is 195 g/mol. The number of hydrogen-bond donors (Lipinski definition) is 1. The van der Waals surface area contributed by atoms with E-state index in [4.69, 9.17) is 15.2 Å². The first-order valence-corrected chi connectivity index (χ1v) is 4.70. The van der Waals surface area contributed by atoms with Crippen molar-refractivity contribution in [2.75, 3.05) is 7.11 Å². The Hall–Kier alpha value is -1.22. The molecular weight excluding hydrogens is 178 g/mol. The molecule has 3 nitrogen and oxygen atoms in total. The molecule has 1 aromatic rings. The molecule has 3 heteroatoms. The van der Waals surface area contributed by atoms with Gasteiger partial charge in [-0.2, -0.15) is 0 Å². The van der Waals surface area contributed by atoms with Gasteiger partial charge in [0.05, 0.1) is 7.11 Å². The number of methoxy groups -OCH3 is 1. The molecule has 0 bridgehead atoms. The smallest absolute Gasteiger partial charge is 0.161 e. The van der Waals surface area contributed by atoms with Crippen molar-refractivity contribution in [2.24, 2.45) is 5.73 Å². The highest BCUT2D eigenvalue weighted by molar-refractivity contribution is 5.39. The van der Waals surface area contributed by atoms with E-state index in [1.165, 1.54) is 0 Å². The summed E-state index contributed by atoms with van der Waals surface area (Å²) in [4.78, 5) is 0. The molecule has 0 amide bonds. The van der Waals surface area contributed by atoms with E-state index in [9.17, 15) is 0 Å². The second kappa shape index (κ2) is 4.86. The first kappa shape index (κ1) is 10.9. The van der Waals surface area contributed by atoms with Crippen LogP contribution in [0.25, 0.3) is 0 Å². The summed E-state index contributed by atoms with van der Waals surface area (Å²) in [5.41, 5.74) is 5.71. The predicted octanol–water partition coefficient (Wildman–Crippen LogP) is 1.81. The molecular formula is C11H17NO2. The van der Waals surface area contributed by atoms with Crippen LogP contribution >= 0.6 is 0 Å². The van der Waals surface area contributed by atoms with Crippen LogP contribution in [0.15, 0.2) is 24.3 Å². The molecule has 78 valence electrons. The Morgan fingerprint density at radius 3 is 2.21 bits per heavy atom. The van der Waals surface area contributed by atoms with Crippen molar-refractivity contribution in [1.82, 2.24) is 0 Å². The summed E-state index contributed by atoms with van der Waals surface area (Å²) in [5, 5.41) is 0. The van der Waals surface area contributed by atoms with Gasteiger partial charge in [-0.3, -0.25) is 0 Å². The fraction of sp³-hybridized carbons (Fsp3) is 0.455. The zero-order valence-corrected chi connectivity index (χ0v) is 8.86. The Morgan fingerprint density at radius 1 is 1.14 bits per heavy atom. The van der Waals surface area contributed by atoms with Gasteiger partial charge in [-0.25, -0.2) is 0 Å². The monoisotopic (exact) mass is 195 g/mol. The van der Waals surface area contributed by atoms with Crippen molar-refractivity contribution in [1.29, 1.82) is 0 Å². The molecule has 0 fully saturated rings. The average Bonchev–Trinajstić information content (AvgIpc) is 2.18. The van der Waals surface area contributed by atoms with Gasteiger partial charge in [-0.05, 0) is 26.0 Å². The highest BCUT2D eigenvalue weighted by atomic mass is 16.5. The Kier molecular flexibility index (Phi) is 3.77. The third-order valence-electron chi connectivity index (χ3n) is 2.12. The summed E-state index contributed by atoms with van der Waals surface area (Å²) < 4.78 is 10.8. The first-order chi connectivity index (χ1) is 6.65. The van der Waals surface area contributed by atoms with Gasteiger partial charge in [-0.15, -0.1) is 0 Å². The van der Waals surface area contributed by atoms with Gasteiger partial charge in [0.25, 0.3) is 0 Å². The van der Waals surface area contributed by atoms with E-state index in [2.05, 4.69) is 0 Å². The molecule has 0 spiro atoms. The van der Waals surface area contributed by atoms with Crippen LogP contribution in [0.3, 0.4) is 0 Å². The molecule has 0 saturated carbocycles. The summed E-state index contributed by atoms with van der Waals surface area (Å²) in [6.45, 7) is 3.86. The fourth-order valence-electron chi connectivity index (χ4n) is 1.02. The van der Waals surface area contributed by atoms with Gasteiger partial charge in [-0.1, -0.05) is 12.1 Å². The summed E-state index contributed by atoms with van der Waals surface area (Å²) >= 11 is 0. The lowest BCUT2D eigenvalue weighted by Crippen LogP contribution is -2.33. The number of nitrogens with two attached hydrogens (primary N) is 1. The van der Waals surface area contributed by atoms with Crippen molar-refractivity contribution in [2.45, 2.75) is 26.0 Å². The van der Waals surface area contributed by atoms with Crippen LogP contribution in [0.4, 0.5) is 0 Å². The van der Waals surface area contributed by atoms with E-state index >= 15 is 0 Å².